The molecule has 0 fully saturated rings. The van der Waals surface area contributed by atoms with Gasteiger partial charge in [0.15, 0.2) is 21.5 Å². The standard InChI is InChI=1S/C18H15BrP.C18H15ClP/c2*19-20(16-10-4-1-5-11-16,17-12-6-2-7-13-17)18-14-8-3-9-15-18/h2*1-15H/q2*+1. The van der Waals surface area contributed by atoms with Crippen LogP contribution in [0.15, 0.2) is 182 Å². The predicted molar refractivity (Wildman–Crippen MR) is 185 cm³/mol. The lowest BCUT2D eigenvalue weighted by molar-refractivity contribution is 1.73. The molecule has 0 aromatic heterocycles. The van der Waals surface area contributed by atoms with E-state index < -0.39 is 12.6 Å². The largest absolute Gasteiger partial charge is 0.210 e. The third-order valence-corrected chi connectivity index (χ3v) is 18.2. The van der Waals surface area contributed by atoms with Crippen LogP contribution in [0, 0.1) is 0 Å². The van der Waals surface area contributed by atoms with E-state index in [0.29, 0.717) is 0 Å². The molecule has 6 aromatic rings. The minimum Gasteiger partial charge on any atom is -0.0620 e. The Morgan fingerprint density at radius 1 is 0.300 bits per heavy atom. The summed E-state index contributed by atoms with van der Waals surface area (Å²) in [4.78, 5) is 0. The van der Waals surface area contributed by atoms with Crippen molar-refractivity contribution < 1.29 is 0 Å². The van der Waals surface area contributed by atoms with Crippen LogP contribution < -0.4 is 31.8 Å². The van der Waals surface area contributed by atoms with E-state index in [1.54, 1.807) is 0 Å². The third kappa shape index (κ3) is 6.15. The lowest BCUT2D eigenvalue weighted by atomic mass is 10.4. The third-order valence-electron chi connectivity index (χ3n) is 6.67. The van der Waals surface area contributed by atoms with Gasteiger partial charge in [0.05, 0.1) is 0 Å². The van der Waals surface area contributed by atoms with Gasteiger partial charge in [-0.15, -0.1) is 0 Å². The normalized spacial score (nSPS) is 11.2. The maximum Gasteiger partial charge on any atom is 0.210 e. The maximum absolute atomic E-state index is 7.23. The SMILES string of the molecule is Br[P+](c1ccccc1)(c1ccccc1)c1ccccc1.Cl[P+](c1ccccc1)(c1ccccc1)c1ccccc1. The van der Waals surface area contributed by atoms with E-state index in [2.05, 4.69) is 179 Å². The highest BCUT2D eigenvalue weighted by molar-refractivity contribution is 9.44. The molecule has 0 heterocycles. The van der Waals surface area contributed by atoms with Gasteiger partial charge in [0.25, 0.3) is 0 Å². The molecule has 40 heavy (non-hydrogen) atoms. The van der Waals surface area contributed by atoms with Gasteiger partial charge in [-0.1, -0.05) is 109 Å². The molecule has 0 unspecified atom stereocenters. The van der Waals surface area contributed by atoms with Crippen LogP contribution in [-0.2, 0) is 0 Å². The molecule has 6 aromatic carbocycles. The number of hydrogen-bond donors (Lipinski definition) is 0. The average Bonchev–Trinajstić information content (AvgIpc) is 3.07. The molecule has 0 atom stereocenters. The Morgan fingerprint density at radius 3 is 0.675 bits per heavy atom. The minimum absolute atomic E-state index is 1.19. The molecule has 6 rings (SSSR count). The van der Waals surface area contributed by atoms with Gasteiger partial charge in [0.2, 0.25) is 6.62 Å². The Hall–Kier alpha value is -3.05. The fraction of sp³-hybridized carbons (Fsp3) is 0. The molecule has 0 bridgehead atoms. The molecule has 0 aliphatic heterocycles. The second kappa shape index (κ2) is 13.5. The van der Waals surface area contributed by atoms with Gasteiger partial charge in [0, 0.05) is 0 Å². The van der Waals surface area contributed by atoms with Crippen molar-refractivity contribution in [3.63, 3.8) is 0 Å². The van der Waals surface area contributed by atoms with E-state index in [4.69, 9.17) is 11.2 Å². The van der Waals surface area contributed by atoms with E-state index in [0.717, 1.165) is 0 Å². The molecular weight excluding hydrogens is 610 g/mol. The van der Waals surface area contributed by atoms with Crippen molar-refractivity contribution in [1.82, 2.24) is 0 Å². The van der Waals surface area contributed by atoms with E-state index in [9.17, 15) is 0 Å². The molecule has 0 radical (unpaired) electrons. The average molecular weight is 640 g/mol. The topological polar surface area (TPSA) is 0 Å². The van der Waals surface area contributed by atoms with E-state index in [1.807, 2.05) is 18.2 Å². The lowest BCUT2D eigenvalue weighted by Gasteiger charge is -2.19. The molecule has 0 saturated carbocycles. The van der Waals surface area contributed by atoms with Crippen molar-refractivity contribution >= 4 is 71.1 Å². The highest BCUT2D eigenvalue weighted by Gasteiger charge is 2.45. The number of benzene rings is 6. The first-order valence-electron chi connectivity index (χ1n) is 13.1. The summed E-state index contributed by atoms with van der Waals surface area (Å²) in [6.45, 7) is -2.05. The smallest absolute Gasteiger partial charge is 0.0620 e. The Morgan fingerprint density at radius 2 is 0.475 bits per heavy atom. The molecule has 0 aliphatic rings. The predicted octanol–water partition coefficient (Wildman–Crippen LogP) is 8.42. The van der Waals surface area contributed by atoms with Crippen LogP contribution >= 0.6 is 39.3 Å². The van der Waals surface area contributed by atoms with Crippen LogP contribution in [0.5, 0.6) is 0 Å². The summed E-state index contributed by atoms with van der Waals surface area (Å²) in [5, 5.41) is 7.62. The number of hydrogen-bond acceptors (Lipinski definition) is 0. The first-order valence-corrected chi connectivity index (χ1v) is 19.6. The molecule has 0 spiro atoms. The summed E-state index contributed by atoms with van der Waals surface area (Å²) in [7, 11) is 0. The monoisotopic (exact) mass is 638 g/mol. The van der Waals surface area contributed by atoms with Crippen LogP contribution in [0.4, 0.5) is 0 Å². The van der Waals surface area contributed by atoms with Gasteiger partial charge >= 0.3 is 0 Å². The summed E-state index contributed by atoms with van der Waals surface area (Å²) >= 11 is 11.3. The number of halogens is 2. The Balaban J connectivity index is 0.000000161. The van der Waals surface area contributed by atoms with Gasteiger partial charge in [-0.05, 0) is 72.8 Å². The first-order chi connectivity index (χ1) is 19.6. The van der Waals surface area contributed by atoms with Crippen LogP contribution in [0.3, 0.4) is 0 Å². The van der Waals surface area contributed by atoms with Crippen LogP contribution in [0.25, 0.3) is 0 Å². The second-order valence-corrected chi connectivity index (χ2v) is 19.4. The highest BCUT2D eigenvalue weighted by Crippen LogP contribution is 2.62. The second-order valence-electron chi connectivity index (χ2n) is 9.19. The Bertz CT molecular complexity index is 1260. The van der Waals surface area contributed by atoms with Crippen LogP contribution in [-0.4, -0.2) is 0 Å². The van der Waals surface area contributed by atoms with Gasteiger partial charge in [0.1, 0.15) is 43.1 Å². The van der Waals surface area contributed by atoms with Gasteiger partial charge < -0.3 is 0 Å². The Kier molecular flexibility index (Phi) is 9.64. The molecule has 4 heteroatoms. The zero-order valence-electron chi connectivity index (χ0n) is 22.0. The highest BCUT2D eigenvalue weighted by atomic mass is 79.9. The van der Waals surface area contributed by atoms with Crippen molar-refractivity contribution in [3.8, 4) is 0 Å². The van der Waals surface area contributed by atoms with Crippen molar-refractivity contribution in [2.24, 2.45) is 0 Å². The van der Waals surface area contributed by atoms with Crippen molar-refractivity contribution in [2.45, 2.75) is 0 Å². The zero-order chi connectivity index (χ0) is 27.7. The molecule has 0 amide bonds. The van der Waals surface area contributed by atoms with E-state index in [-0.39, 0.29) is 0 Å². The first kappa shape index (κ1) is 28.5. The quantitative estimate of drug-likeness (QED) is 0.161. The van der Waals surface area contributed by atoms with Crippen LogP contribution in [0.2, 0.25) is 0 Å². The fourth-order valence-electron chi connectivity index (χ4n) is 4.69. The minimum atomic E-state index is -2.05. The van der Waals surface area contributed by atoms with E-state index >= 15 is 0 Å². The summed E-state index contributed by atoms with van der Waals surface area (Å²) in [5.74, 6) is -1.71. The molecule has 0 N–H and O–H groups in total. The lowest BCUT2D eigenvalue weighted by Crippen LogP contribution is -2.26. The molecule has 0 nitrogen and oxygen atoms in total. The zero-order valence-corrected chi connectivity index (χ0v) is 26.1. The molecule has 0 aliphatic carbocycles. The molecule has 0 saturated heterocycles. The van der Waals surface area contributed by atoms with Crippen molar-refractivity contribution in [2.75, 3.05) is 0 Å². The van der Waals surface area contributed by atoms with Gasteiger partial charge in [-0.2, -0.15) is 0 Å². The van der Waals surface area contributed by atoms with Gasteiger partial charge in [-0.3, -0.25) is 0 Å². The van der Waals surface area contributed by atoms with E-state index in [1.165, 1.54) is 31.8 Å². The van der Waals surface area contributed by atoms with Crippen molar-refractivity contribution in [3.05, 3.63) is 182 Å². The number of rotatable bonds is 6. The summed E-state index contributed by atoms with van der Waals surface area (Å²) in [6.07, 6.45) is 0. The Labute approximate surface area is 251 Å². The van der Waals surface area contributed by atoms with Crippen LogP contribution in [0.1, 0.15) is 0 Å². The summed E-state index contributed by atoms with van der Waals surface area (Å²) in [5.41, 5.74) is 0. The molecule has 196 valence electrons. The summed E-state index contributed by atoms with van der Waals surface area (Å²) in [6, 6.07) is 63.3. The van der Waals surface area contributed by atoms with Gasteiger partial charge in [-0.25, -0.2) is 0 Å². The summed E-state index contributed by atoms with van der Waals surface area (Å²) < 4.78 is 0. The fourth-order valence-corrected chi connectivity index (χ4v) is 13.1. The maximum atomic E-state index is 7.23. The van der Waals surface area contributed by atoms with Crippen molar-refractivity contribution in [1.29, 1.82) is 0 Å². The molecular formula is C36H30BrClP2+2.